The molecule has 0 aliphatic carbocycles. The van der Waals surface area contributed by atoms with Crippen molar-refractivity contribution in [1.82, 2.24) is 15.5 Å². The van der Waals surface area contributed by atoms with E-state index in [9.17, 15) is 0 Å². The molecule has 23 heavy (non-hydrogen) atoms. The molecule has 0 saturated heterocycles. The van der Waals surface area contributed by atoms with Crippen molar-refractivity contribution < 1.29 is 0 Å². The largest absolute Gasteiger partial charge is 0.352 e. The van der Waals surface area contributed by atoms with Crippen LogP contribution in [0.2, 0.25) is 0 Å². The molecule has 1 aromatic rings. The van der Waals surface area contributed by atoms with Gasteiger partial charge in [-0.05, 0) is 52.8 Å². The highest BCUT2D eigenvalue weighted by Crippen LogP contribution is 2.12. The van der Waals surface area contributed by atoms with E-state index in [1.165, 1.54) is 11.1 Å². The van der Waals surface area contributed by atoms with Crippen LogP contribution >= 0.6 is 24.0 Å². The average Bonchev–Trinajstić information content (AvgIpc) is 2.43. The van der Waals surface area contributed by atoms with Crippen LogP contribution in [0.5, 0.6) is 0 Å². The molecule has 0 saturated carbocycles. The van der Waals surface area contributed by atoms with Crippen molar-refractivity contribution in [1.29, 1.82) is 0 Å². The Hall–Kier alpha value is -0.820. The van der Waals surface area contributed by atoms with Crippen LogP contribution in [0.3, 0.4) is 0 Å². The van der Waals surface area contributed by atoms with Crippen LogP contribution < -0.4 is 10.6 Å². The van der Waals surface area contributed by atoms with Gasteiger partial charge in [0, 0.05) is 31.7 Å². The van der Waals surface area contributed by atoms with E-state index in [2.05, 4.69) is 86.5 Å². The molecule has 1 aromatic carbocycles. The molecule has 0 aromatic heterocycles. The maximum Gasteiger partial charge on any atom is 0.191 e. The van der Waals surface area contributed by atoms with Crippen LogP contribution in [-0.2, 0) is 13.1 Å². The van der Waals surface area contributed by atoms with Crippen molar-refractivity contribution in [2.45, 2.75) is 59.3 Å². The molecule has 0 amide bonds. The Morgan fingerprint density at radius 1 is 1.17 bits per heavy atom. The first-order chi connectivity index (χ1) is 10.2. The minimum Gasteiger partial charge on any atom is -0.352 e. The van der Waals surface area contributed by atoms with Crippen molar-refractivity contribution >= 4 is 29.9 Å². The first-order valence-electron chi connectivity index (χ1n) is 7.99. The van der Waals surface area contributed by atoms with Gasteiger partial charge in [-0.3, -0.25) is 9.89 Å². The van der Waals surface area contributed by atoms with Gasteiger partial charge in [-0.1, -0.05) is 24.3 Å². The first-order valence-corrected chi connectivity index (χ1v) is 7.99. The third-order valence-electron chi connectivity index (χ3n) is 3.58. The molecule has 0 heterocycles. The summed E-state index contributed by atoms with van der Waals surface area (Å²) in [5.74, 6) is 0.833. The smallest absolute Gasteiger partial charge is 0.191 e. The molecule has 0 aliphatic heterocycles. The highest BCUT2D eigenvalue weighted by molar-refractivity contribution is 14.0. The van der Waals surface area contributed by atoms with E-state index in [1.54, 1.807) is 7.05 Å². The molecule has 4 nitrogen and oxygen atoms in total. The standard InChI is InChI=1S/C18H32N4.HI/c1-14(2)22(7)13-16-11-9-8-10-15(16)12-20-17(19-6)21-18(3,4)5;/h8-11,14H,12-13H2,1-7H3,(H2,19,20,21);1H. The van der Waals surface area contributed by atoms with E-state index >= 15 is 0 Å². The molecule has 0 aliphatic rings. The number of halogens is 1. The topological polar surface area (TPSA) is 39.7 Å². The lowest BCUT2D eigenvalue weighted by molar-refractivity contribution is 0.265. The first kappa shape index (κ1) is 22.2. The minimum absolute atomic E-state index is 0. The van der Waals surface area contributed by atoms with Crippen molar-refractivity contribution in [3.63, 3.8) is 0 Å². The summed E-state index contributed by atoms with van der Waals surface area (Å²) in [5, 5.41) is 6.79. The van der Waals surface area contributed by atoms with E-state index in [0.717, 1.165) is 19.0 Å². The van der Waals surface area contributed by atoms with E-state index in [-0.39, 0.29) is 29.5 Å². The minimum atomic E-state index is -0.000772. The fourth-order valence-corrected chi connectivity index (χ4v) is 2.05. The number of hydrogen-bond acceptors (Lipinski definition) is 2. The molecule has 0 radical (unpaired) electrons. The van der Waals surface area contributed by atoms with Gasteiger partial charge in [0.25, 0.3) is 0 Å². The summed E-state index contributed by atoms with van der Waals surface area (Å²) in [6.45, 7) is 12.6. The molecule has 5 heteroatoms. The predicted molar refractivity (Wildman–Crippen MR) is 112 cm³/mol. The molecular formula is C18H33IN4. The molecule has 0 spiro atoms. The Labute approximate surface area is 159 Å². The summed E-state index contributed by atoms with van der Waals surface area (Å²) in [5.41, 5.74) is 2.67. The second-order valence-electron chi connectivity index (χ2n) is 7.08. The molecular weight excluding hydrogens is 399 g/mol. The van der Waals surface area contributed by atoms with Crippen LogP contribution in [0.1, 0.15) is 45.7 Å². The average molecular weight is 432 g/mol. The normalized spacial score (nSPS) is 12.3. The zero-order valence-corrected chi connectivity index (χ0v) is 17.9. The number of benzene rings is 1. The van der Waals surface area contributed by atoms with Gasteiger partial charge in [0.05, 0.1) is 0 Å². The zero-order valence-electron chi connectivity index (χ0n) is 15.6. The van der Waals surface area contributed by atoms with Gasteiger partial charge in [-0.2, -0.15) is 0 Å². The summed E-state index contributed by atoms with van der Waals surface area (Å²) in [4.78, 5) is 6.64. The van der Waals surface area contributed by atoms with Crippen LogP contribution in [0.25, 0.3) is 0 Å². The van der Waals surface area contributed by atoms with Gasteiger partial charge in [-0.15, -0.1) is 24.0 Å². The van der Waals surface area contributed by atoms with E-state index < -0.39 is 0 Å². The van der Waals surface area contributed by atoms with Crippen LogP contribution in [0.4, 0.5) is 0 Å². The number of nitrogens with zero attached hydrogens (tertiary/aromatic N) is 2. The van der Waals surface area contributed by atoms with Crippen LogP contribution in [0, 0.1) is 0 Å². The molecule has 132 valence electrons. The van der Waals surface area contributed by atoms with Crippen LogP contribution in [0.15, 0.2) is 29.3 Å². The Bertz CT molecular complexity index is 492. The summed E-state index contributed by atoms with van der Waals surface area (Å²) >= 11 is 0. The summed E-state index contributed by atoms with van der Waals surface area (Å²) in [6.07, 6.45) is 0. The molecule has 0 unspecified atom stereocenters. The monoisotopic (exact) mass is 432 g/mol. The van der Waals surface area contributed by atoms with Crippen LogP contribution in [-0.4, -0.2) is 36.5 Å². The number of rotatable bonds is 5. The third-order valence-corrected chi connectivity index (χ3v) is 3.58. The Balaban J connectivity index is 0.00000484. The van der Waals surface area contributed by atoms with E-state index in [0.29, 0.717) is 6.04 Å². The highest BCUT2D eigenvalue weighted by atomic mass is 127. The fraction of sp³-hybridized carbons (Fsp3) is 0.611. The van der Waals surface area contributed by atoms with Crippen molar-refractivity contribution in [2.75, 3.05) is 14.1 Å². The Morgan fingerprint density at radius 3 is 2.22 bits per heavy atom. The molecule has 2 N–H and O–H groups in total. The number of hydrogen-bond donors (Lipinski definition) is 2. The van der Waals surface area contributed by atoms with Crippen molar-refractivity contribution in [3.05, 3.63) is 35.4 Å². The SMILES string of the molecule is CN=C(NCc1ccccc1CN(C)C(C)C)NC(C)(C)C.I. The number of guanidine groups is 1. The van der Waals surface area contributed by atoms with E-state index in [1.807, 2.05) is 0 Å². The molecule has 0 atom stereocenters. The number of aliphatic imine (C=N–C) groups is 1. The second-order valence-corrected chi connectivity index (χ2v) is 7.08. The predicted octanol–water partition coefficient (Wildman–Crippen LogP) is 3.61. The molecule has 0 fully saturated rings. The number of nitrogens with one attached hydrogen (secondary N) is 2. The van der Waals surface area contributed by atoms with Gasteiger partial charge in [0.1, 0.15) is 0 Å². The maximum absolute atomic E-state index is 4.29. The van der Waals surface area contributed by atoms with Crippen molar-refractivity contribution in [3.8, 4) is 0 Å². The molecule has 1 rings (SSSR count). The maximum atomic E-state index is 4.29. The fourth-order valence-electron chi connectivity index (χ4n) is 2.05. The Morgan fingerprint density at radius 2 is 1.74 bits per heavy atom. The lowest BCUT2D eigenvalue weighted by atomic mass is 10.1. The van der Waals surface area contributed by atoms with Gasteiger partial charge >= 0.3 is 0 Å². The van der Waals surface area contributed by atoms with Gasteiger partial charge < -0.3 is 10.6 Å². The third kappa shape index (κ3) is 8.55. The molecule has 0 bridgehead atoms. The zero-order chi connectivity index (χ0) is 16.8. The van der Waals surface area contributed by atoms with Gasteiger partial charge in [-0.25, -0.2) is 0 Å². The second kappa shape index (κ2) is 10.1. The van der Waals surface area contributed by atoms with Crippen molar-refractivity contribution in [2.24, 2.45) is 4.99 Å². The lowest BCUT2D eigenvalue weighted by Gasteiger charge is -2.25. The quantitative estimate of drug-likeness (QED) is 0.424. The summed E-state index contributed by atoms with van der Waals surface area (Å²) < 4.78 is 0. The summed E-state index contributed by atoms with van der Waals surface area (Å²) in [7, 11) is 3.97. The highest BCUT2D eigenvalue weighted by Gasteiger charge is 2.12. The van der Waals surface area contributed by atoms with Gasteiger partial charge in [0.2, 0.25) is 0 Å². The van der Waals surface area contributed by atoms with Gasteiger partial charge in [0.15, 0.2) is 5.96 Å². The van der Waals surface area contributed by atoms with E-state index in [4.69, 9.17) is 0 Å². The Kier molecular flexibility index (Phi) is 9.77. The lowest BCUT2D eigenvalue weighted by Crippen LogP contribution is -2.47. The summed E-state index contributed by atoms with van der Waals surface area (Å²) in [6, 6.07) is 9.12.